The number of aromatic nitrogens is 1. The lowest BCUT2D eigenvalue weighted by Crippen LogP contribution is -2.19. The Morgan fingerprint density at radius 2 is 2.21 bits per heavy atom. The first kappa shape index (κ1) is 13.7. The first-order valence-corrected chi connectivity index (χ1v) is 6.62. The van der Waals surface area contributed by atoms with Crippen LogP contribution in [0.25, 0.3) is 10.2 Å². The van der Waals surface area contributed by atoms with Crippen molar-refractivity contribution in [2.75, 3.05) is 27.2 Å². The Labute approximate surface area is 114 Å². The molecule has 0 radical (unpaired) electrons. The van der Waals surface area contributed by atoms with Crippen molar-refractivity contribution < 1.29 is 9.66 Å². The molecule has 0 unspecified atom stereocenters. The Balaban J connectivity index is 2.37. The predicted octanol–water partition coefficient (Wildman–Crippen LogP) is 2.45. The summed E-state index contributed by atoms with van der Waals surface area (Å²) in [6, 6.07) is 3.38. The van der Waals surface area contributed by atoms with Crippen molar-refractivity contribution in [1.29, 1.82) is 0 Å². The molecule has 102 valence electrons. The Morgan fingerprint density at radius 1 is 1.47 bits per heavy atom. The van der Waals surface area contributed by atoms with Crippen LogP contribution in [0.2, 0.25) is 0 Å². The second-order valence-electron chi connectivity index (χ2n) is 4.40. The average Bonchev–Trinajstić information content (AvgIpc) is 2.67. The van der Waals surface area contributed by atoms with Gasteiger partial charge in [-0.15, -0.1) is 11.3 Å². The molecule has 1 aromatic heterocycles. The monoisotopic (exact) mass is 281 g/mol. The zero-order valence-corrected chi connectivity index (χ0v) is 11.9. The van der Waals surface area contributed by atoms with E-state index < -0.39 is 4.92 Å². The smallest absolute Gasteiger partial charge is 0.330 e. The van der Waals surface area contributed by atoms with Gasteiger partial charge in [0.15, 0.2) is 5.75 Å². The SMILES string of the molecule is Cc1nc2ccc(OCCN(C)C)c([N+](=O)[O-])c2s1. The summed E-state index contributed by atoms with van der Waals surface area (Å²) in [4.78, 5) is 17.1. The topological polar surface area (TPSA) is 68.5 Å². The number of rotatable bonds is 5. The van der Waals surface area contributed by atoms with E-state index in [0.717, 1.165) is 5.01 Å². The third kappa shape index (κ3) is 2.99. The minimum Gasteiger partial charge on any atom is -0.485 e. The van der Waals surface area contributed by atoms with Crippen molar-refractivity contribution in [3.8, 4) is 5.75 Å². The van der Waals surface area contributed by atoms with Crippen LogP contribution in [0.5, 0.6) is 5.75 Å². The lowest BCUT2D eigenvalue weighted by Gasteiger charge is -2.11. The van der Waals surface area contributed by atoms with Gasteiger partial charge in [-0.2, -0.15) is 0 Å². The number of likely N-dealkylation sites (N-methyl/N-ethyl adjacent to an activating group) is 1. The molecule has 2 rings (SSSR count). The summed E-state index contributed by atoms with van der Waals surface area (Å²) in [6.45, 7) is 2.95. The number of ether oxygens (including phenoxy) is 1. The van der Waals surface area contributed by atoms with Crippen LogP contribution in [0.15, 0.2) is 12.1 Å². The maximum atomic E-state index is 11.2. The van der Waals surface area contributed by atoms with Gasteiger partial charge in [0.1, 0.15) is 11.3 Å². The minimum atomic E-state index is -0.398. The van der Waals surface area contributed by atoms with Gasteiger partial charge in [0.25, 0.3) is 0 Å². The highest BCUT2D eigenvalue weighted by atomic mass is 32.1. The van der Waals surface area contributed by atoms with E-state index in [2.05, 4.69) is 4.98 Å². The fourth-order valence-electron chi connectivity index (χ4n) is 1.70. The molecule has 0 saturated carbocycles. The van der Waals surface area contributed by atoms with Crippen molar-refractivity contribution in [2.45, 2.75) is 6.92 Å². The van der Waals surface area contributed by atoms with E-state index in [1.807, 2.05) is 25.9 Å². The molecule has 19 heavy (non-hydrogen) atoms. The summed E-state index contributed by atoms with van der Waals surface area (Å²) >= 11 is 1.32. The van der Waals surface area contributed by atoms with Crippen LogP contribution < -0.4 is 4.74 Å². The van der Waals surface area contributed by atoms with Gasteiger partial charge >= 0.3 is 5.69 Å². The maximum absolute atomic E-state index is 11.2. The predicted molar refractivity (Wildman–Crippen MR) is 75.1 cm³/mol. The van der Waals surface area contributed by atoms with Crippen LogP contribution in [-0.2, 0) is 0 Å². The third-order valence-electron chi connectivity index (χ3n) is 2.58. The van der Waals surface area contributed by atoms with Crippen molar-refractivity contribution in [2.24, 2.45) is 0 Å². The second kappa shape index (κ2) is 5.50. The molecule has 0 bridgehead atoms. The van der Waals surface area contributed by atoms with Crippen molar-refractivity contribution in [1.82, 2.24) is 9.88 Å². The van der Waals surface area contributed by atoms with E-state index in [-0.39, 0.29) is 5.69 Å². The van der Waals surface area contributed by atoms with E-state index in [0.29, 0.717) is 29.1 Å². The Morgan fingerprint density at radius 3 is 2.84 bits per heavy atom. The fraction of sp³-hybridized carbons (Fsp3) is 0.417. The summed E-state index contributed by atoms with van der Waals surface area (Å²) in [5.74, 6) is 0.308. The first-order chi connectivity index (χ1) is 8.99. The first-order valence-electron chi connectivity index (χ1n) is 5.81. The number of benzene rings is 1. The van der Waals surface area contributed by atoms with Crippen LogP contribution in [0, 0.1) is 17.0 Å². The zero-order valence-electron chi connectivity index (χ0n) is 11.0. The van der Waals surface area contributed by atoms with E-state index in [9.17, 15) is 10.1 Å². The molecule has 0 amide bonds. The van der Waals surface area contributed by atoms with Crippen molar-refractivity contribution >= 4 is 27.2 Å². The van der Waals surface area contributed by atoms with E-state index in [1.54, 1.807) is 12.1 Å². The van der Waals surface area contributed by atoms with Gasteiger partial charge in [-0.3, -0.25) is 10.1 Å². The molecule has 0 aliphatic heterocycles. The molecule has 7 heteroatoms. The second-order valence-corrected chi connectivity index (χ2v) is 5.61. The molecule has 0 fully saturated rings. The number of hydrogen-bond donors (Lipinski definition) is 0. The minimum absolute atomic E-state index is 0.0156. The molecular weight excluding hydrogens is 266 g/mol. The number of nitro benzene ring substituents is 1. The van der Waals surface area contributed by atoms with Crippen LogP contribution in [0.3, 0.4) is 0 Å². The highest BCUT2D eigenvalue weighted by Crippen LogP contribution is 2.38. The molecule has 0 atom stereocenters. The lowest BCUT2D eigenvalue weighted by molar-refractivity contribution is -0.383. The van der Waals surface area contributed by atoms with Crippen LogP contribution in [-0.4, -0.2) is 42.1 Å². The molecule has 6 nitrogen and oxygen atoms in total. The zero-order chi connectivity index (χ0) is 14.0. The molecule has 0 saturated heterocycles. The van der Waals surface area contributed by atoms with Gasteiger partial charge in [0.2, 0.25) is 0 Å². The average molecular weight is 281 g/mol. The molecular formula is C12H15N3O3S. The van der Waals surface area contributed by atoms with E-state index >= 15 is 0 Å². The highest BCUT2D eigenvalue weighted by molar-refractivity contribution is 7.19. The van der Waals surface area contributed by atoms with E-state index in [4.69, 9.17) is 4.74 Å². The quantitative estimate of drug-likeness (QED) is 0.622. The molecule has 0 aliphatic rings. The number of fused-ring (bicyclic) bond motifs is 1. The van der Waals surface area contributed by atoms with Gasteiger partial charge in [0.05, 0.1) is 15.4 Å². The lowest BCUT2D eigenvalue weighted by atomic mass is 10.2. The highest BCUT2D eigenvalue weighted by Gasteiger charge is 2.22. The summed E-state index contributed by atoms with van der Waals surface area (Å²) in [7, 11) is 3.85. The molecule has 0 spiro atoms. The number of aryl methyl sites for hydroxylation is 1. The fourth-order valence-corrected chi connectivity index (χ4v) is 2.63. The number of hydrogen-bond acceptors (Lipinski definition) is 6. The Kier molecular flexibility index (Phi) is 3.96. The van der Waals surface area contributed by atoms with Gasteiger partial charge < -0.3 is 9.64 Å². The normalized spacial score (nSPS) is 11.2. The largest absolute Gasteiger partial charge is 0.485 e. The summed E-state index contributed by atoms with van der Waals surface area (Å²) in [6.07, 6.45) is 0. The van der Waals surface area contributed by atoms with Crippen molar-refractivity contribution in [3.63, 3.8) is 0 Å². The van der Waals surface area contributed by atoms with Crippen LogP contribution in [0.4, 0.5) is 5.69 Å². The number of thiazole rings is 1. The standard InChI is InChI=1S/C12H15N3O3S/c1-8-13-9-4-5-10(18-7-6-14(2)3)11(15(16)17)12(9)19-8/h4-5H,6-7H2,1-3H3. The van der Waals surface area contributed by atoms with Crippen LogP contribution >= 0.6 is 11.3 Å². The van der Waals surface area contributed by atoms with Crippen LogP contribution in [0.1, 0.15) is 5.01 Å². The Bertz CT molecular complexity index is 610. The summed E-state index contributed by atoms with van der Waals surface area (Å²) < 4.78 is 6.10. The molecule has 0 N–H and O–H groups in total. The molecule has 0 aliphatic carbocycles. The van der Waals surface area contributed by atoms with Gasteiger partial charge in [0, 0.05) is 6.54 Å². The van der Waals surface area contributed by atoms with Gasteiger partial charge in [-0.05, 0) is 33.2 Å². The Hall–Kier alpha value is -1.73. The van der Waals surface area contributed by atoms with Crippen molar-refractivity contribution in [3.05, 3.63) is 27.3 Å². The summed E-state index contributed by atoms with van der Waals surface area (Å²) in [5.41, 5.74) is 0.663. The molecule has 2 aromatic rings. The van der Waals surface area contributed by atoms with Gasteiger partial charge in [-0.25, -0.2) is 4.98 Å². The van der Waals surface area contributed by atoms with Gasteiger partial charge in [-0.1, -0.05) is 0 Å². The maximum Gasteiger partial charge on any atom is 0.330 e. The molecule has 1 aromatic carbocycles. The number of nitrogens with zero attached hydrogens (tertiary/aromatic N) is 3. The summed E-state index contributed by atoms with van der Waals surface area (Å²) in [5, 5.41) is 12.0. The van der Waals surface area contributed by atoms with E-state index in [1.165, 1.54) is 11.3 Å². The number of nitro groups is 1. The third-order valence-corrected chi connectivity index (χ3v) is 3.57. The molecule has 1 heterocycles.